The number of hydrogen-bond acceptors (Lipinski definition) is 1. The van der Waals surface area contributed by atoms with E-state index in [2.05, 4.69) is 224 Å². The zero-order valence-corrected chi connectivity index (χ0v) is 33.0. The van der Waals surface area contributed by atoms with Crippen molar-refractivity contribution >= 4 is 32.7 Å². The van der Waals surface area contributed by atoms with E-state index in [1.54, 1.807) is 0 Å². The number of furan rings is 1. The van der Waals surface area contributed by atoms with Gasteiger partial charge in [-0.2, -0.15) is 0 Å². The van der Waals surface area contributed by atoms with E-state index in [-0.39, 0.29) is 5.92 Å². The molecular weight excluding hydrogens is 725 g/mol. The average Bonchev–Trinajstić information content (AvgIpc) is 3.71. The van der Waals surface area contributed by atoms with Crippen LogP contribution in [-0.2, 0) is 0 Å². The van der Waals surface area contributed by atoms with Gasteiger partial charge in [-0.25, -0.2) is 0 Å². The van der Waals surface area contributed by atoms with Crippen LogP contribution >= 0.6 is 0 Å². The molecule has 1 nitrogen and oxygen atoms in total. The van der Waals surface area contributed by atoms with E-state index in [0.29, 0.717) is 0 Å². The summed E-state index contributed by atoms with van der Waals surface area (Å²) in [5.74, 6) is 0.0537. The molecule has 0 saturated carbocycles. The molecule has 0 aliphatic carbocycles. The molecule has 0 spiro atoms. The maximum absolute atomic E-state index is 6.12. The van der Waals surface area contributed by atoms with Crippen molar-refractivity contribution in [3.05, 3.63) is 253 Å². The molecule has 11 rings (SSSR count). The van der Waals surface area contributed by atoms with Gasteiger partial charge in [-0.1, -0.05) is 212 Å². The van der Waals surface area contributed by atoms with Crippen molar-refractivity contribution in [2.75, 3.05) is 0 Å². The summed E-state index contributed by atoms with van der Waals surface area (Å²) in [5, 5.41) is 4.81. The van der Waals surface area contributed by atoms with Gasteiger partial charge in [-0.3, -0.25) is 0 Å². The van der Waals surface area contributed by atoms with Gasteiger partial charge >= 0.3 is 0 Å². The molecule has 1 heteroatoms. The Kier molecular flexibility index (Phi) is 8.98. The molecule has 1 atom stereocenters. The summed E-state index contributed by atoms with van der Waals surface area (Å²) in [4.78, 5) is 0. The van der Waals surface area contributed by atoms with E-state index < -0.39 is 0 Å². The maximum Gasteiger partial charge on any atom is 0.135 e. The van der Waals surface area contributed by atoms with Crippen molar-refractivity contribution in [3.63, 3.8) is 0 Å². The molecular formula is C59H40O. The molecule has 11 aromatic rings. The largest absolute Gasteiger partial charge is 0.456 e. The fraction of sp³-hybridized carbons (Fsp3) is 0.0169. The summed E-state index contributed by atoms with van der Waals surface area (Å²) < 4.78 is 6.12. The summed E-state index contributed by atoms with van der Waals surface area (Å²) in [6, 6.07) is 85.8. The Morgan fingerprint density at radius 2 is 0.667 bits per heavy atom. The third-order valence-corrected chi connectivity index (χ3v) is 12.1. The molecule has 0 aliphatic heterocycles. The first kappa shape index (κ1) is 35.4. The number of fused-ring (bicyclic) bond motifs is 4. The summed E-state index contributed by atoms with van der Waals surface area (Å²) in [6.45, 7) is 0. The summed E-state index contributed by atoms with van der Waals surface area (Å²) in [6.07, 6.45) is 0. The van der Waals surface area contributed by atoms with Gasteiger partial charge in [0.1, 0.15) is 11.2 Å². The Morgan fingerprint density at radius 3 is 1.33 bits per heavy atom. The van der Waals surface area contributed by atoms with Gasteiger partial charge < -0.3 is 4.42 Å². The second-order valence-electron chi connectivity index (χ2n) is 15.7. The van der Waals surface area contributed by atoms with Crippen molar-refractivity contribution in [2.24, 2.45) is 0 Å². The highest BCUT2D eigenvalue weighted by Crippen LogP contribution is 2.38. The minimum Gasteiger partial charge on any atom is -0.456 e. The standard InChI is InChI=1S/C59H40O/c1-2-10-40(11-3-1)41-20-22-42(23-21-41)43-24-30-47(31-25-43)59(49-34-28-46(29-35-49)54-18-9-13-45-12-4-5-16-53(45)54)48-32-26-44(27-33-48)50-14-8-15-51(38-50)52-36-37-58-56(39-52)55-17-6-7-19-57(55)60-58/h1-39,59H. The normalized spacial score (nSPS) is 11.9. The lowest BCUT2D eigenvalue weighted by molar-refractivity contribution is 0.669. The zero-order chi connectivity index (χ0) is 39.8. The van der Waals surface area contributed by atoms with Crippen LogP contribution in [0.15, 0.2) is 241 Å². The molecule has 1 aromatic heterocycles. The SMILES string of the molecule is c1ccc(-c2ccc(-c3ccc(C(c4ccc(-c5cccc(-c6ccc7oc8ccccc8c7c6)c5)cc4)c4ccc(-c5cccc6ccccc56)cc4)cc3)cc2)cc1. The first-order chi connectivity index (χ1) is 29.7. The van der Waals surface area contributed by atoms with Crippen LogP contribution in [-0.4, -0.2) is 0 Å². The number of para-hydroxylation sites is 1. The molecule has 0 amide bonds. The molecule has 0 radical (unpaired) electrons. The Hall–Kier alpha value is -7.74. The highest BCUT2D eigenvalue weighted by atomic mass is 16.3. The van der Waals surface area contributed by atoms with Crippen molar-refractivity contribution in [2.45, 2.75) is 5.92 Å². The van der Waals surface area contributed by atoms with E-state index in [1.807, 2.05) is 12.1 Å². The molecule has 282 valence electrons. The monoisotopic (exact) mass is 764 g/mol. The van der Waals surface area contributed by atoms with E-state index in [0.717, 1.165) is 21.9 Å². The van der Waals surface area contributed by atoms with Crippen molar-refractivity contribution in [1.82, 2.24) is 0 Å². The summed E-state index contributed by atoms with van der Waals surface area (Å²) in [7, 11) is 0. The molecule has 0 fully saturated rings. The van der Waals surface area contributed by atoms with Crippen LogP contribution in [0.3, 0.4) is 0 Å². The van der Waals surface area contributed by atoms with Gasteiger partial charge in [0.25, 0.3) is 0 Å². The van der Waals surface area contributed by atoms with Crippen LogP contribution in [0, 0.1) is 0 Å². The van der Waals surface area contributed by atoms with Gasteiger partial charge in [0.2, 0.25) is 0 Å². The van der Waals surface area contributed by atoms with Gasteiger partial charge in [0, 0.05) is 16.7 Å². The quantitative estimate of drug-likeness (QED) is 0.140. The van der Waals surface area contributed by atoms with Crippen LogP contribution < -0.4 is 0 Å². The van der Waals surface area contributed by atoms with Gasteiger partial charge in [0.15, 0.2) is 0 Å². The van der Waals surface area contributed by atoms with E-state index >= 15 is 0 Å². The van der Waals surface area contributed by atoms with Crippen LogP contribution in [0.5, 0.6) is 0 Å². The first-order valence-electron chi connectivity index (χ1n) is 20.7. The van der Waals surface area contributed by atoms with Crippen LogP contribution in [0.25, 0.3) is 88.3 Å². The lowest BCUT2D eigenvalue weighted by Gasteiger charge is -2.21. The Morgan fingerprint density at radius 1 is 0.250 bits per heavy atom. The van der Waals surface area contributed by atoms with Crippen LogP contribution in [0.1, 0.15) is 22.6 Å². The molecule has 0 N–H and O–H groups in total. The fourth-order valence-corrected chi connectivity index (χ4v) is 8.92. The lowest BCUT2D eigenvalue weighted by Crippen LogP contribution is -2.03. The molecule has 10 aromatic carbocycles. The molecule has 0 bridgehead atoms. The first-order valence-corrected chi connectivity index (χ1v) is 20.7. The Balaban J connectivity index is 0.931. The predicted octanol–water partition coefficient (Wildman–Crippen LogP) is 16.3. The van der Waals surface area contributed by atoms with Gasteiger partial charge in [0.05, 0.1) is 0 Å². The highest BCUT2D eigenvalue weighted by Gasteiger charge is 2.19. The molecule has 1 unspecified atom stereocenters. The molecule has 1 heterocycles. The van der Waals surface area contributed by atoms with Crippen molar-refractivity contribution in [1.29, 1.82) is 0 Å². The Bertz CT molecular complexity index is 3260. The van der Waals surface area contributed by atoms with Crippen LogP contribution in [0.4, 0.5) is 0 Å². The minimum atomic E-state index is 0.0537. The van der Waals surface area contributed by atoms with Gasteiger partial charge in [-0.05, 0) is 107 Å². The molecule has 60 heavy (non-hydrogen) atoms. The van der Waals surface area contributed by atoms with E-state index in [4.69, 9.17) is 4.42 Å². The molecule has 0 saturated heterocycles. The average molecular weight is 765 g/mol. The van der Waals surface area contributed by atoms with Crippen molar-refractivity contribution < 1.29 is 4.42 Å². The van der Waals surface area contributed by atoms with Crippen molar-refractivity contribution in [3.8, 4) is 55.6 Å². The van der Waals surface area contributed by atoms with Gasteiger partial charge in [-0.15, -0.1) is 0 Å². The van der Waals surface area contributed by atoms with Crippen LogP contribution in [0.2, 0.25) is 0 Å². The second-order valence-corrected chi connectivity index (χ2v) is 15.7. The Labute approximate surface area is 350 Å². The van der Waals surface area contributed by atoms with E-state index in [9.17, 15) is 0 Å². The number of hydrogen-bond donors (Lipinski definition) is 0. The topological polar surface area (TPSA) is 13.1 Å². The minimum absolute atomic E-state index is 0.0537. The summed E-state index contributed by atoms with van der Waals surface area (Å²) >= 11 is 0. The predicted molar refractivity (Wildman–Crippen MR) is 252 cm³/mol. The number of benzene rings is 10. The summed E-state index contributed by atoms with van der Waals surface area (Å²) in [5.41, 5.74) is 17.7. The third-order valence-electron chi connectivity index (χ3n) is 12.1. The zero-order valence-electron chi connectivity index (χ0n) is 33.0. The maximum atomic E-state index is 6.12. The third kappa shape index (κ3) is 6.67. The number of rotatable bonds is 8. The van der Waals surface area contributed by atoms with E-state index in [1.165, 1.54) is 83.1 Å². The second kappa shape index (κ2) is 15.2. The lowest BCUT2D eigenvalue weighted by atomic mass is 9.83. The fourth-order valence-electron chi connectivity index (χ4n) is 8.92. The highest BCUT2D eigenvalue weighted by molar-refractivity contribution is 6.06. The molecule has 0 aliphatic rings. The smallest absolute Gasteiger partial charge is 0.135 e.